The highest BCUT2D eigenvalue weighted by atomic mass is 16.4. The molecule has 0 saturated carbocycles. The summed E-state index contributed by atoms with van der Waals surface area (Å²) in [4.78, 5) is 21.8. The second-order valence-electron chi connectivity index (χ2n) is 4.17. The molecule has 0 unspecified atom stereocenters. The number of hydrogen-bond acceptors (Lipinski definition) is 4. The topological polar surface area (TPSA) is 118 Å². The van der Waals surface area contributed by atoms with E-state index in [0.29, 0.717) is 11.3 Å². The van der Waals surface area contributed by atoms with Gasteiger partial charge in [-0.1, -0.05) is 0 Å². The van der Waals surface area contributed by atoms with Gasteiger partial charge in [-0.3, -0.25) is 4.79 Å². The number of anilines is 3. The van der Waals surface area contributed by atoms with Gasteiger partial charge in [0.15, 0.2) is 0 Å². The number of amides is 1. The van der Waals surface area contributed by atoms with Crippen LogP contribution in [0.1, 0.15) is 20.7 Å². The van der Waals surface area contributed by atoms with E-state index in [4.69, 9.17) is 16.6 Å². The molecular formula is C14H13N3O3. The number of primary amides is 1. The zero-order valence-electron chi connectivity index (χ0n) is 10.5. The van der Waals surface area contributed by atoms with Crippen LogP contribution in [0.15, 0.2) is 42.5 Å². The zero-order valence-corrected chi connectivity index (χ0v) is 10.5. The predicted octanol–water partition coefficient (Wildman–Crippen LogP) is 1.81. The first-order chi connectivity index (χ1) is 9.47. The Balaban J connectivity index is 2.19. The molecule has 0 spiro atoms. The van der Waals surface area contributed by atoms with Crippen molar-refractivity contribution in [3.63, 3.8) is 0 Å². The lowest BCUT2D eigenvalue weighted by Crippen LogP contribution is -2.10. The van der Waals surface area contributed by atoms with Gasteiger partial charge in [-0.15, -0.1) is 0 Å². The highest BCUT2D eigenvalue weighted by Gasteiger charge is 2.08. The SMILES string of the molecule is NC(=O)c1ccc(Nc2ccc(C(=O)O)c(N)c2)cc1. The fourth-order valence-electron chi connectivity index (χ4n) is 1.72. The van der Waals surface area contributed by atoms with Crippen molar-refractivity contribution in [2.75, 3.05) is 11.1 Å². The first-order valence-corrected chi connectivity index (χ1v) is 5.77. The first-order valence-electron chi connectivity index (χ1n) is 5.77. The molecule has 0 fully saturated rings. The Morgan fingerprint density at radius 2 is 1.60 bits per heavy atom. The van der Waals surface area contributed by atoms with Crippen LogP contribution in [0, 0.1) is 0 Å². The first kappa shape index (κ1) is 13.4. The molecule has 6 nitrogen and oxygen atoms in total. The largest absolute Gasteiger partial charge is 0.478 e. The lowest BCUT2D eigenvalue weighted by Gasteiger charge is -2.09. The summed E-state index contributed by atoms with van der Waals surface area (Å²) in [5.41, 5.74) is 12.8. The third-order valence-electron chi connectivity index (χ3n) is 2.74. The molecule has 2 aromatic carbocycles. The van der Waals surface area contributed by atoms with Gasteiger partial charge >= 0.3 is 5.97 Å². The normalized spacial score (nSPS) is 10.0. The van der Waals surface area contributed by atoms with E-state index in [-0.39, 0.29) is 11.3 Å². The van der Waals surface area contributed by atoms with Crippen LogP contribution in [0.2, 0.25) is 0 Å². The van der Waals surface area contributed by atoms with Crippen molar-refractivity contribution in [1.29, 1.82) is 0 Å². The summed E-state index contributed by atoms with van der Waals surface area (Å²) in [6.07, 6.45) is 0. The number of benzene rings is 2. The van der Waals surface area contributed by atoms with Gasteiger partial charge in [-0.05, 0) is 42.5 Å². The molecule has 0 aliphatic rings. The van der Waals surface area contributed by atoms with Gasteiger partial charge in [0.05, 0.1) is 5.56 Å². The van der Waals surface area contributed by atoms with E-state index in [2.05, 4.69) is 5.32 Å². The van der Waals surface area contributed by atoms with E-state index in [9.17, 15) is 9.59 Å². The molecular weight excluding hydrogens is 258 g/mol. The summed E-state index contributed by atoms with van der Waals surface area (Å²) < 4.78 is 0. The van der Waals surface area contributed by atoms with Crippen LogP contribution in [-0.2, 0) is 0 Å². The highest BCUT2D eigenvalue weighted by Crippen LogP contribution is 2.22. The number of nitrogen functional groups attached to an aromatic ring is 1. The van der Waals surface area contributed by atoms with Crippen molar-refractivity contribution >= 4 is 28.9 Å². The Labute approximate surface area is 115 Å². The zero-order chi connectivity index (χ0) is 14.7. The molecule has 0 heterocycles. The minimum absolute atomic E-state index is 0.0552. The predicted molar refractivity (Wildman–Crippen MR) is 76.1 cm³/mol. The molecule has 0 aromatic heterocycles. The second-order valence-corrected chi connectivity index (χ2v) is 4.17. The number of rotatable bonds is 4. The molecule has 6 N–H and O–H groups in total. The molecule has 0 atom stereocenters. The van der Waals surface area contributed by atoms with E-state index in [1.165, 1.54) is 12.1 Å². The summed E-state index contributed by atoms with van der Waals surface area (Å²) in [6, 6.07) is 11.2. The molecule has 1 amide bonds. The number of aromatic carboxylic acids is 1. The molecule has 20 heavy (non-hydrogen) atoms. The number of carbonyl (C=O) groups excluding carboxylic acids is 1. The van der Waals surface area contributed by atoms with Crippen LogP contribution in [0.5, 0.6) is 0 Å². The lowest BCUT2D eigenvalue weighted by atomic mass is 10.1. The van der Waals surface area contributed by atoms with Crippen molar-refractivity contribution in [3.8, 4) is 0 Å². The van der Waals surface area contributed by atoms with Gasteiger partial charge in [-0.2, -0.15) is 0 Å². The number of carbonyl (C=O) groups is 2. The maximum Gasteiger partial charge on any atom is 0.337 e. The molecule has 6 heteroatoms. The minimum Gasteiger partial charge on any atom is -0.478 e. The Hall–Kier alpha value is -3.02. The van der Waals surface area contributed by atoms with E-state index < -0.39 is 11.9 Å². The molecule has 0 radical (unpaired) electrons. The van der Waals surface area contributed by atoms with Crippen LogP contribution in [0.4, 0.5) is 17.1 Å². The molecule has 102 valence electrons. The van der Waals surface area contributed by atoms with Gasteiger partial charge in [0.1, 0.15) is 0 Å². The van der Waals surface area contributed by atoms with Crippen LogP contribution in [0.3, 0.4) is 0 Å². The maximum absolute atomic E-state index is 10.9. The lowest BCUT2D eigenvalue weighted by molar-refractivity contribution is 0.0698. The molecule has 0 aliphatic heterocycles. The van der Waals surface area contributed by atoms with Crippen LogP contribution in [-0.4, -0.2) is 17.0 Å². The van der Waals surface area contributed by atoms with Crippen molar-refractivity contribution < 1.29 is 14.7 Å². The van der Waals surface area contributed by atoms with Gasteiger partial charge in [0, 0.05) is 22.6 Å². The third kappa shape index (κ3) is 2.86. The van der Waals surface area contributed by atoms with Gasteiger partial charge in [0.2, 0.25) is 5.91 Å². The van der Waals surface area contributed by atoms with Gasteiger partial charge < -0.3 is 21.9 Å². The fourth-order valence-corrected chi connectivity index (χ4v) is 1.72. The van der Waals surface area contributed by atoms with Crippen molar-refractivity contribution in [1.82, 2.24) is 0 Å². The number of nitrogens with two attached hydrogens (primary N) is 2. The number of nitrogens with one attached hydrogen (secondary N) is 1. The van der Waals surface area contributed by atoms with Gasteiger partial charge in [-0.25, -0.2) is 4.79 Å². The smallest absolute Gasteiger partial charge is 0.337 e. The summed E-state index contributed by atoms with van der Waals surface area (Å²) >= 11 is 0. The molecule has 0 saturated heterocycles. The third-order valence-corrected chi connectivity index (χ3v) is 2.74. The summed E-state index contributed by atoms with van der Waals surface area (Å²) in [6.45, 7) is 0. The van der Waals surface area contributed by atoms with E-state index in [0.717, 1.165) is 5.69 Å². The fraction of sp³-hybridized carbons (Fsp3) is 0. The Kier molecular flexibility index (Phi) is 3.56. The molecule has 2 aromatic rings. The summed E-state index contributed by atoms with van der Waals surface area (Å²) in [5.74, 6) is -1.56. The van der Waals surface area contributed by atoms with E-state index in [1.807, 2.05) is 0 Å². The highest BCUT2D eigenvalue weighted by molar-refractivity contribution is 5.95. The Morgan fingerprint density at radius 3 is 2.10 bits per heavy atom. The summed E-state index contributed by atoms with van der Waals surface area (Å²) in [5, 5.41) is 11.9. The van der Waals surface area contributed by atoms with Crippen molar-refractivity contribution in [3.05, 3.63) is 53.6 Å². The van der Waals surface area contributed by atoms with Crippen molar-refractivity contribution in [2.45, 2.75) is 0 Å². The van der Waals surface area contributed by atoms with E-state index >= 15 is 0 Å². The van der Waals surface area contributed by atoms with Crippen LogP contribution < -0.4 is 16.8 Å². The quantitative estimate of drug-likeness (QED) is 0.632. The number of carboxylic acids is 1. The Morgan fingerprint density at radius 1 is 1.00 bits per heavy atom. The second kappa shape index (κ2) is 5.31. The summed E-state index contributed by atoms with van der Waals surface area (Å²) in [7, 11) is 0. The number of carboxylic acid groups (broad SMARTS) is 1. The molecule has 0 bridgehead atoms. The van der Waals surface area contributed by atoms with E-state index in [1.54, 1.807) is 30.3 Å². The maximum atomic E-state index is 10.9. The van der Waals surface area contributed by atoms with Crippen molar-refractivity contribution in [2.24, 2.45) is 5.73 Å². The van der Waals surface area contributed by atoms with Gasteiger partial charge in [0.25, 0.3) is 0 Å². The number of hydrogen-bond donors (Lipinski definition) is 4. The Bertz CT molecular complexity index is 666. The minimum atomic E-state index is -1.07. The average Bonchev–Trinajstić information content (AvgIpc) is 2.39. The molecule has 2 rings (SSSR count). The average molecular weight is 271 g/mol. The van der Waals surface area contributed by atoms with Crippen LogP contribution in [0.25, 0.3) is 0 Å². The molecule has 0 aliphatic carbocycles. The standard InChI is InChI=1S/C14H13N3O3/c15-12-7-10(5-6-11(12)14(19)20)17-9-3-1-8(2-4-9)13(16)18/h1-7,17H,15H2,(H2,16,18)(H,19,20). The monoisotopic (exact) mass is 271 g/mol. The van der Waals surface area contributed by atoms with Crippen LogP contribution >= 0.6 is 0 Å².